The zero-order valence-corrected chi connectivity index (χ0v) is 13.0. The summed E-state index contributed by atoms with van der Waals surface area (Å²) in [6.07, 6.45) is 0. The summed E-state index contributed by atoms with van der Waals surface area (Å²) in [7, 11) is 0. The Morgan fingerprint density at radius 3 is 2.71 bits per heavy atom. The van der Waals surface area contributed by atoms with E-state index in [0.29, 0.717) is 34.7 Å². The van der Waals surface area contributed by atoms with Gasteiger partial charge in [-0.2, -0.15) is 11.8 Å². The Labute approximate surface area is 129 Å². The first kappa shape index (κ1) is 15.9. The second kappa shape index (κ2) is 6.97. The topological polar surface area (TPSA) is 46.3 Å². The summed E-state index contributed by atoms with van der Waals surface area (Å²) in [4.78, 5) is 14.5. The minimum atomic E-state index is -0.427. The number of nitrogens with two attached hydrogens (primary N) is 1. The Morgan fingerprint density at radius 2 is 2.10 bits per heavy atom. The molecule has 0 saturated carbocycles. The molecule has 0 spiro atoms. The molecule has 21 heavy (non-hydrogen) atoms. The molecule has 1 aliphatic heterocycles. The van der Waals surface area contributed by atoms with E-state index in [4.69, 9.17) is 5.73 Å². The van der Waals surface area contributed by atoms with Gasteiger partial charge in [0.25, 0.3) is 5.91 Å². The van der Waals surface area contributed by atoms with Crippen LogP contribution in [0.1, 0.15) is 29.8 Å². The molecule has 1 fully saturated rings. The Kier molecular flexibility index (Phi) is 5.27. The van der Waals surface area contributed by atoms with Gasteiger partial charge < -0.3 is 10.6 Å². The number of thioether (sulfide) groups is 1. The summed E-state index contributed by atoms with van der Waals surface area (Å²) in [5.41, 5.74) is 6.22. The molecule has 1 aromatic carbocycles. The first-order chi connectivity index (χ1) is 10.0. The van der Waals surface area contributed by atoms with Crippen LogP contribution in [0.3, 0.4) is 0 Å². The summed E-state index contributed by atoms with van der Waals surface area (Å²) in [6, 6.07) is 4.12. The van der Waals surface area contributed by atoms with Crippen molar-refractivity contribution in [1.29, 1.82) is 0 Å². The Balaban J connectivity index is 2.31. The van der Waals surface area contributed by atoms with Crippen LogP contribution in [0.15, 0.2) is 18.2 Å². The van der Waals surface area contributed by atoms with Crippen LogP contribution in [0.25, 0.3) is 0 Å². The molecule has 1 aliphatic rings. The third kappa shape index (κ3) is 3.99. The average Bonchev–Trinajstić information content (AvgIpc) is 2.44. The number of halogens is 1. The summed E-state index contributed by atoms with van der Waals surface area (Å²) in [5.74, 6) is 4.98. The van der Waals surface area contributed by atoms with Crippen LogP contribution in [-0.4, -0.2) is 40.9 Å². The van der Waals surface area contributed by atoms with E-state index >= 15 is 0 Å². The lowest BCUT2D eigenvalue weighted by Gasteiger charge is -2.34. The van der Waals surface area contributed by atoms with Crippen LogP contribution in [0.5, 0.6) is 0 Å². The molecule has 5 heteroatoms. The van der Waals surface area contributed by atoms with E-state index in [2.05, 4.69) is 25.7 Å². The lowest BCUT2D eigenvalue weighted by molar-refractivity contribution is 0.0752. The molecule has 3 nitrogen and oxygen atoms in total. The molecule has 0 aromatic heterocycles. The zero-order valence-electron chi connectivity index (χ0n) is 12.2. The van der Waals surface area contributed by atoms with Crippen molar-refractivity contribution >= 4 is 17.7 Å². The first-order valence-electron chi connectivity index (χ1n) is 6.94. The molecule has 1 aromatic rings. The van der Waals surface area contributed by atoms with Gasteiger partial charge in [-0.25, -0.2) is 4.39 Å². The number of carbonyl (C=O) groups excluding carboxylic acids is 1. The van der Waals surface area contributed by atoms with Gasteiger partial charge in [0.2, 0.25) is 0 Å². The number of nitrogens with zero attached hydrogens (tertiary/aromatic N) is 1. The average molecular weight is 306 g/mol. The van der Waals surface area contributed by atoms with Crippen molar-refractivity contribution in [2.75, 3.05) is 19.6 Å². The van der Waals surface area contributed by atoms with E-state index in [1.165, 1.54) is 18.2 Å². The molecule has 0 radical (unpaired) electrons. The lowest BCUT2D eigenvalue weighted by atomic mass is 10.1. The number of carbonyl (C=O) groups is 1. The van der Waals surface area contributed by atoms with Crippen LogP contribution in [0, 0.1) is 17.7 Å². The minimum Gasteiger partial charge on any atom is -0.336 e. The summed E-state index contributed by atoms with van der Waals surface area (Å²) in [5, 5.41) is 0.759. The Morgan fingerprint density at radius 1 is 1.43 bits per heavy atom. The highest BCUT2D eigenvalue weighted by molar-refractivity contribution is 8.00. The van der Waals surface area contributed by atoms with Gasteiger partial charge in [-0.3, -0.25) is 4.79 Å². The number of rotatable bonds is 1. The molecular formula is C16H19FN2OS. The van der Waals surface area contributed by atoms with E-state index in [0.717, 1.165) is 0 Å². The third-order valence-corrected chi connectivity index (χ3v) is 4.47. The first-order valence-corrected chi connectivity index (χ1v) is 7.88. The molecule has 2 N–H and O–H groups in total. The van der Waals surface area contributed by atoms with Crippen LogP contribution in [-0.2, 0) is 0 Å². The number of hydrogen-bond donors (Lipinski definition) is 1. The van der Waals surface area contributed by atoms with E-state index < -0.39 is 5.82 Å². The SMILES string of the molecule is CC1CN(C(=O)c2cc(F)ccc2C#CCN)CC(C)S1. The summed E-state index contributed by atoms with van der Waals surface area (Å²) in [6.45, 7) is 5.75. The summed E-state index contributed by atoms with van der Waals surface area (Å²) < 4.78 is 13.5. The lowest BCUT2D eigenvalue weighted by Crippen LogP contribution is -2.44. The highest BCUT2D eigenvalue weighted by Crippen LogP contribution is 2.26. The fourth-order valence-electron chi connectivity index (χ4n) is 2.46. The maximum absolute atomic E-state index is 13.5. The van der Waals surface area contributed by atoms with Gasteiger partial charge in [0.1, 0.15) is 5.82 Å². The number of amides is 1. The van der Waals surface area contributed by atoms with Gasteiger partial charge in [-0.1, -0.05) is 25.7 Å². The van der Waals surface area contributed by atoms with E-state index in [9.17, 15) is 9.18 Å². The van der Waals surface area contributed by atoms with Crippen LogP contribution in [0.2, 0.25) is 0 Å². The second-order valence-corrected chi connectivity index (χ2v) is 7.04. The van der Waals surface area contributed by atoms with Crippen LogP contribution in [0.4, 0.5) is 4.39 Å². The van der Waals surface area contributed by atoms with Gasteiger partial charge in [0.05, 0.1) is 12.1 Å². The number of hydrogen-bond acceptors (Lipinski definition) is 3. The van der Waals surface area contributed by atoms with E-state index in [1.54, 1.807) is 4.90 Å². The van der Waals surface area contributed by atoms with Gasteiger partial charge in [0, 0.05) is 29.2 Å². The largest absolute Gasteiger partial charge is 0.336 e. The molecule has 0 bridgehead atoms. The van der Waals surface area contributed by atoms with Crippen molar-refractivity contribution in [3.05, 3.63) is 35.1 Å². The van der Waals surface area contributed by atoms with E-state index in [-0.39, 0.29) is 12.5 Å². The zero-order chi connectivity index (χ0) is 15.4. The van der Waals surface area contributed by atoms with Crippen molar-refractivity contribution in [2.45, 2.75) is 24.3 Å². The molecule has 2 atom stereocenters. The van der Waals surface area contributed by atoms with Crippen LogP contribution >= 0.6 is 11.8 Å². The molecule has 1 amide bonds. The fourth-order valence-corrected chi connectivity index (χ4v) is 3.79. The maximum atomic E-state index is 13.5. The fraction of sp³-hybridized carbons (Fsp3) is 0.438. The minimum absolute atomic E-state index is 0.158. The molecular weight excluding hydrogens is 287 g/mol. The van der Waals surface area contributed by atoms with Crippen molar-refractivity contribution in [1.82, 2.24) is 4.90 Å². The van der Waals surface area contributed by atoms with Gasteiger partial charge in [-0.15, -0.1) is 0 Å². The standard InChI is InChI=1S/C16H19FN2OS/c1-11-9-19(10-12(2)21-11)16(20)15-8-14(17)6-5-13(15)4-3-7-18/h5-6,8,11-12H,7,9-10,18H2,1-2H3. The Hall–Kier alpha value is -1.51. The third-order valence-electron chi connectivity index (χ3n) is 3.24. The van der Waals surface area contributed by atoms with Gasteiger partial charge >= 0.3 is 0 Å². The highest BCUT2D eigenvalue weighted by atomic mass is 32.2. The van der Waals surface area contributed by atoms with Crippen molar-refractivity contribution in [3.63, 3.8) is 0 Å². The predicted molar refractivity (Wildman–Crippen MR) is 84.8 cm³/mol. The molecule has 0 aliphatic carbocycles. The molecule has 2 rings (SSSR count). The van der Waals surface area contributed by atoms with E-state index in [1.807, 2.05) is 11.8 Å². The second-order valence-electron chi connectivity index (χ2n) is 5.16. The van der Waals surface area contributed by atoms with Crippen molar-refractivity contribution in [3.8, 4) is 11.8 Å². The molecule has 1 heterocycles. The molecule has 1 saturated heterocycles. The van der Waals surface area contributed by atoms with Gasteiger partial charge in [0.15, 0.2) is 0 Å². The molecule has 112 valence electrons. The highest BCUT2D eigenvalue weighted by Gasteiger charge is 2.27. The van der Waals surface area contributed by atoms with Crippen molar-refractivity contribution in [2.24, 2.45) is 5.73 Å². The smallest absolute Gasteiger partial charge is 0.255 e. The predicted octanol–water partition coefficient (Wildman–Crippen LogP) is 2.10. The van der Waals surface area contributed by atoms with Crippen LogP contribution < -0.4 is 5.73 Å². The number of benzene rings is 1. The summed E-state index contributed by atoms with van der Waals surface area (Å²) >= 11 is 1.87. The maximum Gasteiger partial charge on any atom is 0.255 e. The Bertz CT molecular complexity index is 584. The normalized spacial score (nSPS) is 21.6. The monoisotopic (exact) mass is 306 g/mol. The molecule has 2 unspecified atom stereocenters. The quantitative estimate of drug-likeness (QED) is 0.808. The van der Waals surface area contributed by atoms with Gasteiger partial charge in [-0.05, 0) is 18.2 Å². The van der Waals surface area contributed by atoms with Crippen molar-refractivity contribution < 1.29 is 9.18 Å².